The van der Waals surface area contributed by atoms with Gasteiger partial charge in [-0.2, -0.15) is 4.68 Å². The maximum absolute atomic E-state index is 13.3. The first-order valence-corrected chi connectivity index (χ1v) is 10.7. The van der Waals surface area contributed by atoms with Crippen LogP contribution in [0.2, 0.25) is 5.02 Å². The molecule has 0 bridgehead atoms. The van der Waals surface area contributed by atoms with Crippen molar-refractivity contribution in [3.63, 3.8) is 0 Å². The number of carbonyl (C=O) groups excluding carboxylic acids is 1. The highest BCUT2D eigenvalue weighted by molar-refractivity contribution is 7.99. The lowest BCUT2D eigenvalue weighted by atomic mass is 10.3. The molecule has 164 valence electrons. The fourth-order valence-electron chi connectivity index (χ4n) is 3.11. The zero-order valence-electron chi connectivity index (χ0n) is 17.0. The smallest absolute Gasteiger partial charge is 0.297 e. The molecule has 0 saturated heterocycles. The van der Waals surface area contributed by atoms with Crippen molar-refractivity contribution in [1.82, 2.24) is 29.6 Å². The molecular formula is C20H17ClFN7O2S. The van der Waals surface area contributed by atoms with Crippen LogP contribution in [-0.4, -0.2) is 41.2 Å². The van der Waals surface area contributed by atoms with E-state index in [0.29, 0.717) is 17.1 Å². The topological polar surface area (TPSA) is 99.6 Å². The Hall–Kier alpha value is -3.44. The molecule has 0 aliphatic carbocycles. The number of hydrogen-bond acceptors (Lipinski definition) is 6. The Labute approximate surface area is 190 Å². The van der Waals surface area contributed by atoms with E-state index >= 15 is 0 Å². The van der Waals surface area contributed by atoms with Crippen molar-refractivity contribution in [2.75, 3.05) is 11.1 Å². The molecule has 0 spiro atoms. The van der Waals surface area contributed by atoms with Gasteiger partial charge in [-0.15, -0.1) is 5.10 Å². The van der Waals surface area contributed by atoms with Gasteiger partial charge in [-0.1, -0.05) is 41.6 Å². The van der Waals surface area contributed by atoms with Crippen molar-refractivity contribution < 1.29 is 9.18 Å². The normalized spacial score (nSPS) is 11.0. The van der Waals surface area contributed by atoms with Gasteiger partial charge in [0.2, 0.25) is 11.1 Å². The van der Waals surface area contributed by atoms with Crippen LogP contribution in [0.15, 0.2) is 58.5 Å². The predicted octanol–water partition coefficient (Wildman–Crippen LogP) is 2.98. The van der Waals surface area contributed by atoms with E-state index in [0.717, 1.165) is 11.8 Å². The van der Waals surface area contributed by atoms with E-state index in [1.165, 1.54) is 27.6 Å². The number of thioether (sulfide) groups is 1. The molecule has 0 unspecified atom stereocenters. The number of rotatable bonds is 6. The molecule has 9 nitrogen and oxygen atoms in total. The molecule has 0 atom stereocenters. The van der Waals surface area contributed by atoms with Crippen LogP contribution < -0.4 is 10.9 Å². The zero-order chi connectivity index (χ0) is 22.8. The average molecular weight is 474 g/mol. The summed E-state index contributed by atoms with van der Waals surface area (Å²) in [5.41, 5.74) is 1.71. The monoisotopic (exact) mass is 473 g/mol. The Morgan fingerprint density at radius 3 is 2.69 bits per heavy atom. The third kappa shape index (κ3) is 4.16. The van der Waals surface area contributed by atoms with Crippen molar-refractivity contribution in [1.29, 1.82) is 0 Å². The first-order valence-electron chi connectivity index (χ1n) is 9.37. The van der Waals surface area contributed by atoms with Crippen LogP contribution in [0.4, 0.5) is 10.1 Å². The summed E-state index contributed by atoms with van der Waals surface area (Å²) in [4.78, 5) is 25.5. The van der Waals surface area contributed by atoms with Gasteiger partial charge in [0.05, 0.1) is 22.2 Å². The SMILES string of the molecule is Cc1c(-n2nnnc2SCC(=O)Nc2ccc(F)c(Cl)c2)c(=O)n(-c2ccccc2)n1C. The fraction of sp³-hybridized carbons (Fsp3) is 0.150. The second kappa shape index (κ2) is 8.97. The van der Waals surface area contributed by atoms with Crippen LogP contribution in [0, 0.1) is 12.7 Å². The van der Waals surface area contributed by atoms with Gasteiger partial charge in [-0.05, 0) is 47.7 Å². The van der Waals surface area contributed by atoms with E-state index < -0.39 is 5.82 Å². The predicted molar refractivity (Wildman–Crippen MR) is 119 cm³/mol. The van der Waals surface area contributed by atoms with E-state index in [1.807, 2.05) is 30.3 Å². The number of aromatic nitrogens is 6. The lowest BCUT2D eigenvalue weighted by Crippen LogP contribution is -2.22. The van der Waals surface area contributed by atoms with Gasteiger partial charge in [0.25, 0.3) is 5.56 Å². The van der Waals surface area contributed by atoms with Crippen LogP contribution in [0.3, 0.4) is 0 Å². The molecule has 32 heavy (non-hydrogen) atoms. The van der Waals surface area contributed by atoms with Crippen LogP contribution >= 0.6 is 23.4 Å². The van der Waals surface area contributed by atoms with Gasteiger partial charge in [-0.3, -0.25) is 14.3 Å². The van der Waals surface area contributed by atoms with Gasteiger partial charge < -0.3 is 5.32 Å². The van der Waals surface area contributed by atoms with Crippen molar-refractivity contribution >= 4 is 35.0 Å². The van der Waals surface area contributed by atoms with Gasteiger partial charge in [-0.25, -0.2) is 9.07 Å². The van der Waals surface area contributed by atoms with Crippen molar-refractivity contribution in [2.45, 2.75) is 12.1 Å². The maximum atomic E-state index is 13.3. The summed E-state index contributed by atoms with van der Waals surface area (Å²) in [6.45, 7) is 1.79. The minimum Gasteiger partial charge on any atom is -0.325 e. The minimum absolute atomic E-state index is 0.0336. The number of nitrogens with one attached hydrogen (secondary N) is 1. The number of halogens is 2. The van der Waals surface area contributed by atoms with Crippen molar-refractivity contribution in [3.05, 3.63) is 75.4 Å². The number of benzene rings is 2. The fourth-order valence-corrected chi connectivity index (χ4v) is 3.97. The summed E-state index contributed by atoms with van der Waals surface area (Å²) < 4.78 is 17.8. The highest BCUT2D eigenvalue weighted by Crippen LogP contribution is 2.22. The van der Waals surface area contributed by atoms with Crippen molar-refractivity contribution in [2.24, 2.45) is 7.05 Å². The Morgan fingerprint density at radius 2 is 1.97 bits per heavy atom. The summed E-state index contributed by atoms with van der Waals surface area (Å²) in [6, 6.07) is 13.1. The largest absolute Gasteiger partial charge is 0.325 e. The molecule has 2 heterocycles. The Bertz CT molecular complexity index is 1350. The third-order valence-electron chi connectivity index (χ3n) is 4.71. The molecule has 12 heteroatoms. The molecule has 1 N–H and O–H groups in total. The molecular weight excluding hydrogens is 457 g/mol. The number of carbonyl (C=O) groups is 1. The molecule has 0 fully saturated rings. The molecule has 4 rings (SSSR count). The summed E-state index contributed by atoms with van der Waals surface area (Å²) in [5, 5.41) is 14.4. The molecule has 0 aliphatic rings. The van der Waals surface area contributed by atoms with Crippen LogP contribution in [0.5, 0.6) is 0 Å². The van der Waals surface area contributed by atoms with E-state index in [9.17, 15) is 14.0 Å². The average Bonchev–Trinajstić information content (AvgIpc) is 3.31. The first kappa shape index (κ1) is 21.8. The highest BCUT2D eigenvalue weighted by Gasteiger charge is 2.22. The van der Waals surface area contributed by atoms with E-state index in [1.54, 1.807) is 18.7 Å². The van der Waals surface area contributed by atoms with Gasteiger partial charge in [0.1, 0.15) is 5.82 Å². The first-order chi connectivity index (χ1) is 15.4. The number of amides is 1. The second-order valence-electron chi connectivity index (χ2n) is 6.75. The Balaban J connectivity index is 1.56. The van der Waals surface area contributed by atoms with Crippen molar-refractivity contribution in [3.8, 4) is 11.4 Å². The van der Waals surface area contributed by atoms with Crippen LogP contribution in [0.25, 0.3) is 11.4 Å². The Kier molecular flexibility index (Phi) is 6.10. The van der Waals surface area contributed by atoms with E-state index in [4.69, 9.17) is 11.6 Å². The van der Waals surface area contributed by atoms with Gasteiger partial charge in [0.15, 0.2) is 5.69 Å². The summed E-state index contributed by atoms with van der Waals surface area (Å²) >= 11 is 6.80. The maximum Gasteiger partial charge on any atom is 0.297 e. The van der Waals surface area contributed by atoms with E-state index in [2.05, 4.69) is 20.8 Å². The van der Waals surface area contributed by atoms with Crippen LogP contribution in [-0.2, 0) is 11.8 Å². The van der Waals surface area contributed by atoms with Gasteiger partial charge >= 0.3 is 0 Å². The second-order valence-corrected chi connectivity index (χ2v) is 8.10. The van der Waals surface area contributed by atoms with Crippen LogP contribution in [0.1, 0.15) is 5.69 Å². The minimum atomic E-state index is -0.572. The van der Waals surface area contributed by atoms with E-state index in [-0.39, 0.29) is 33.1 Å². The lowest BCUT2D eigenvalue weighted by Gasteiger charge is -2.07. The number of nitrogens with zero attached hydrogens (tertiary/aromatic N) is 6. The van der Waals surface area contributed by atoms with Gasteiger partial charge in [0, 0.05) is 12.7 Å². The summed E-state index contributed by atoms with van der Waals surface area (Å²) in [7, 11) is 1.77. The lowest BCUT2D eigenvalue weighted by molar-refractivity contribution is -0.113. The molecule has 0 radical (unpaired) electrons. The highest BCUT2D eigenvalue weighted by atomic mass is 35.5. The summed E-state index contributed by atoms with van der Waals surface area (Å²) in [5.74, 6) is -0.968. The molecule has 0 saturated carbocycles. The number of tetrazole rings is 1. The molecule has 4 aromatic rings. The zero-order valence-corrected chi connectivity index (χ0v) is 18.6. The molecule has 2 aromatic carbocycles. The number of hydrogen-bond donors (Lipinski definition) is 1. The Morgan fingerprint density at radius 1 is 1.22 bits per heavy atom. The summed E-state index contributed by atoms with van der Waals surface area (Å²) in [6.07, 6.45) is 0. The number of para-hydroxylation sites is 1. The molecule has 1 amide bonds. The number of anilines is 1. The third-order valence-corrected chi connectivity index (χ3v) is 5.92. The molecule has 0 aliphatic heterocycles. The standard InChI is InChI=1S/C20H17ClFN7O2S/c1-12-18(19(31)29(27(12)2)14-6-4-3-5-7-14)28-20(24-25-26-28)32-11-17(30)23-13-8-9-16(22)15(21)10-13/h3-10H,11H2,1-2H3,(H,23,30). The molecule has 2 aromatic heterocycles. The quantitative estimate of drug-likeness (QED) is 0.432.